The first-order valence-corrected chi connectivity index (χ1v) is 9.33. The average molecular weight is 328 g/mol. The van der Waals surface area contributed by atoms with Crippen LogP contribution in [0.4, 0.5) is 0 Å². The number of aromatic hydroxyl groups is 1. The van der Waals surface area contributed by atoms with E-state index in [-0.39, 0.29) is 16.9 Å². The molecule has 1 aliphatic heterocycles. The topological polar surface area (TPSA) is 46.5 Å². The molecule has 2 aliphatic carbocycles. The molecule has 4 rings (SSSR count). The summed E-state index contributed by atoms with van der Waals surface area (Å²) >= 11 is 0. The number of benzene rings is 1. The van der Waals surface area contributed by atoms with Crippen molar-refractivity contribution >= 4 is 5.78 Å². The van der Waals surface area contributed by atoms with Crippen LogP contribution in [-0.2, 0) is 11.2 Å². The third-order valence-corrected chi connectivity index (χ3v) is 7.08. The van der Waals surface area contributed by atoms with Gasteiger partial charge in [0.2, 0.25) is 0 Å². The maximum atomic E-state index is 12.7. The van der Waals surface area contributed by atoms with Crippen LogP contribution in [0.3, 0.4) is 0 Å². The van der Waals surface area contributed by atoms with Gasteiger partial charge >= 0.3 is 0 Å². The number of phenols is 1. The highest BCUT2D eigenvalue weighted by Crippen LogP contribution is 2.56. The number of hydrogen-bond acceptors (Lipinski definition) is 3. The van der Waals surface area contributed by atoms with E-state index >= 15 is 0 Å². The fourth-order valence-electron chi connectivity index (χ4n) is 5.51. The molecule has 2 fully saturated rings. The molecule has 0 amide bonds. The van der Waals surface area contributed by atoms with E-state index < -0.39 is 0 Å². The van der Waals surface area contributed by atoms with Crippen LogP contribution in [0.2, 0.25) is 0 Å². The highest BCUT2D eigenvalue weighted by Gasteiger charge is 2.54. The normalized spacial score (nSPS) is 37.5. The summed E-state index contributed by atoms with van der Waals surface area (Å²) in [6.07, 6.45) is 5.53. The smallest absolute Gasteiger partial charge is 0.136 e. The van der Waals surface area contributed by atoms with Gasteiger partial charge in [0.25, 0.3) is 0 Å². The zero-order valence-corrected chi connectivity index (χ0v) is 15.0. The van der Waals surface area contributed by atoms with E-state index in [2.05, 4.69) is 20.8 Å². The van der Waals surface area contributed by atoms with Gasteiger partial charge in [-0.3, -0.25) is 4.79 Å². The maximum absolute atomic E-state index is 12.7. The predicted molar refractivity (Wildman–Crippen MR) is 93.2 cm³/mol. The van der Waals surface area contributed by atoms with Crippen LogP contribution in [-0.4, -0.2) is 16.5 Å². The van der Waals surface area contributed by atoms with E-state index in [1.54, 1.807) is 6.07 Å². The zero-order valence-electron chi connectivity index (χ0n) is 15.0. The molecule has 0 aromatic heterocycles. The van der Waals surface area contributed by atoms with Crippen molar-refractivity contribution in [1.29, 1.82) is 0 Å². The fraction of sp³-hybridized carbons (Fsp3) is 0.667. The number of phenolic OH excluding ortho intramolecular Hbond substituents is 1. The molecule has 0 spiro atoms. The number of Topliss-reactive ketones (excluding diaryl/α,β-unsaturated/α-hetero) is 1. The van der Waals surface area contributed by atoms with Crippen LogP contribution >= 0.6 is 0 Å². The largest absolute Gasteiger partial charge is 0.508 e. The number of fused-ring (bicyclic) bond motifs is 3. The van der Waals surface area contributed by atoms with E-state index in [0.29, 0.717) is 23.4 Å². The monoisotopic (exact) mass is 328 g/mol. The van der Waals surface area contributed by atoms with Gasteiger partial charge in [0, 0.05) is 23.8 Å². The first-order chi connectivity index (χ1) is 11.3. The molecule has 0 bridgehead atoms. The second kappa shape index (κ2) is 5.24. The minimum atomic E-state index is -0.232. The number of ketones is 1. The van der Waals surface area contributed by atoms with E-state index in [9.17, 15) is 9.90 Å². The Balaban J connectivity index is 1.72. The van der Waals surface area contributed by atoms with E-state index in [1.165, 1.54) is 0 Å². The second-order valence-corrected chi connectivity index (χ2v) is 9.03. The summed E-state index contributed by atoms with van der Waals surface area (Å²) < 4.78 is 6.45. The number of carbonyl (C=O) groups is 1. The van der Waals surface area contributed by atoms with Crippen LogP contribution in [0.1, 0.15) is 58.4 Å². The Morgan fingerprint density at radius 2 is 2.04 bits per heavy atom. The lowest BCUT2D eigenvalue weighted by Gasteiger charge is -2.53. The number of hydrogen-bond donors (Lipinski definition) is 1. The van der Waals surface area contributed by atoms with Crippen molar-refractivity contribution in [2.45, 2.75) is 64.9 Å². The van der Waals surface area contributed by atoms with Gasteiger partial charge in [-0.25, -0.2) is 0 Å². The zero-order chi connectivity index (χ0) is 17.1. The van der Waals surface area contributed by atoms with Crippen LogP contribution in [0, 0.1) is 23.2 Å². The molecule has 4 unspecified atom stereocenters. The van der Waals surface area contributed by atoms with Gasteiger partial charge in [-0.05, 0) is 62.5 Å². The Kier molecular flexibility index (Phi) is 3.49. The summed E-state index contributed by atoms with van der Waals surface area (Å²) in [5.41, 5.74) is 0.871. The van der Waals surface area contributed by atoms with Crippen molar-refractivity contribution in [3.05, 3.63) is 23.8 Å². The van der Waals surface area contributed by atoms with Crippen molar-refractivity contribution in [3.8, 4) is 11.5 Å². The first kappa shape index (κ1) is 16.0. The van der Waals surface area contributed by atoms with Crippen molar-refractivity contribution in [3.63, 3.8) is 0 Å². The first-order valence-electron chi connectivity index (χ1n) is 9.33. The van der Waals surface area contributed by atoms with E-state index in [4.69, 9.17) is 4.74 Å². The highest BCUT2D eigenvalue weighted by atomic mass is 16.5. The molecule has 1 aromatic rings. The van der Waals surface area contributed by atoms with Crippen molar-refractivity contribution in [2.24, 2.45) is 23.2 Å². The predicted octanol–water partition coefficient (Wildman–Crippen LogP) is 4.51. The molecule has 0 radical (unpaired) electrons. The van der Waals surface area contributed by atoms with Crippen LogP contribution in [0.15, 0.2) is 18.2 Å². The standard InChI is InChI=1S/C21H28O3/c1-20(2)9-5-7-17(22)14-10-13-11-15-18(23)6-4-8-19(15)24-21(13,3)12-16(14)20/h4,6,8,13-14,16,23H,5,7,9-12H2,1-3H3. The Labute approximate surface area is 144 Å². The fourth-order valence-corrected chi connectivity index (χ4v) is 5.51. The Morgan fingerprint density at radius 1 is 1.25 bits per heavy atom. The summed E-state index contributed by atoms with van der Waals surface area (Å²) in [6.45, 7) is 6.87. The Bertz CT molecular complexity index is 678. The van der Waals surface area contributed by atoms with Gasteiger partial charge < -0.3 is 9.84 Å². The van der Waals surface area contributed by atoms with Crippen molar-refractivity contribution in [1.82, 2.24) is 0 Å². The summed E-state index contributed by atoms with van der Waals surface area (Å²) in [5.74, 6) is 2.46. The number of rotatable bonds is 0. The lowest BCUT2D eigenvalue weighted by atomic mass is 9.56. The lowest BCUT2D eigenvalue weighted by molar-refractivity contribution is -0.135. The maximum Gasteiger partial charge on any atom is 0.136 e. The lowest BCUT2D eigenvalue weighted by Crippen LogP contribution is -2.55. The molecule has 2 saturated carbocycles. The molecule has 3 heteroatoms. The Morgan fingerprint density at radius 3 is 2.83 bits per heavy atom. The minimum absolute atomic E-state index is 0.164. The third kappa shape index (κ3) is 2.35. The molecule has 4 atom stereocenters. The van der Waals surface area contributed by atoms with Gasteiger partial charge in [-0.2, -0.15) is 0 Å². The van der Waals surface area contributed by atoms with Crippen molar-refractivity contribution < 1.29 is 14.6 Å². The average Bonchev–Trinajstić information content (AvgIpc) is 2.61. The summed E-state index contributed by atoms with van der Waals surface area (Å²) in [4.78, 5) is 12.7. The van der Waals surface area contributed by atoms with E-state index in [0.717, 1.165) is 49.8 Å². The van der Waals surface area contributed by atoms with Crippen LogP contribution < -0.4 is 4.74 Å². The van der Waals surface area contributed by atoms with Gasteiger partial charge in [0.05, 0.1) is 0 Å². The molecule has 1 heterocycles. The van der Waals surface area contributed by atoms with Gasteiger partial charge in [0.1, 0.15) is 22.9 Å². The highest BCUT2D eigenvalue weighted by molar-refractivity contribution is 5.82. The third-order valence-electron chi connectivity index (χ3n) is 7.08. The minimum Gasteiger partial charge on any atom is -0.508 e. The SMILES string of the molecule is CC1(C)CCCC(=O)C2CC3Cc4c(O)cccc4OC3(C)CC21. The van der Waals surface area contributed by atoms with E-state index in [1.807, 2.05) is 12.1 Å². The molecule has 3 aliphatic rings. The molecular weight excluding hydrogens is 300 g/mol. The molecule has 1 aromatic carbocycles. The number of carbonyl (C=O) groups excluding carboxylic acids is 1. The van der Waals surface area contributed by atoms with Crippen LogP contribution in [0.5, 0.6) is 11.5 Å². The molecule has 1 N–H and O–H groups in total. The molecular formula is C21H28O3. The summed E-state index contributed by atoms with van der Waals surface area (Å²) in [6, 6.07) is 5.55. The van der Waals surface area contributed by atoms with Gasteiger partial charge in [-0.15, -0.1) is 0 Å². The van der Waals surface area contributed by atoms with Gasteiger partial charge in [0.15, 0.2) is 0 Å². The van der Waals surface area contributed by atoms with Crippen LogP contribution in [0.25, 0.3) is 0 Å². The summed E-state index contributed by atoms with van der Waals surface area (Å²) in [5, 5.41) is 10.2. The molecule has 24 heavy (non-hydrogen) atoms. The molecule has 3 nitrogen and oxygen atoms in total. The number of ether oxygens (including phenoxy) is 1. The van der Waals surface area contributed by atoms with Crippen molar-refractivity contribution in [2.75, 3.05) is 0 Å². The second-order valence-electron chi connectivity index (χ2n) is 9.03. The molecule has 0 saturated heterocycles. The quantitative estimate of drug-likeness (QED) is 0.762. The molecule has 130 valence electrons. The Hall–Kier alpha value is -1.51. The summed E-state index contributed by atoms with van der Waals surface area (Å²) in [7, 11) is 0. The van der Waals surface area contributed by atoms with Gasteiger partial charge in [-0.1, -0.05) is 19.9 Å².